The number of amides is 3. The first-order valence-electron chi connectivity index (χ1n) is 7.45. The van der Waals surface area contributed by atoms with Crippen LogP contribution in [0.5, 0.6) is 0 Å². The number of nitrogens with zero attached hydrogens (tertiary/aromatic N) is 1. The molecule has 7 heteroatoms. The molecule has 1 fully saturated rings. The third kappa shape index (κ3) is 4.48. The van der Waals surface area contributed by atoms with Gasteiger partial charge in [-0.25, -0.2) is 0 Å². The molecule has 3 amide bonds. The minimum Gasteiger partial charge on any atom is -0.335 e. The van der Waals surface area contributed by atoms with E-state index in [0.29, 0.717) is 6.54 Å². The fourth-order valence-corrected chi connectivity index (χ4v) is 2.93. The summed E-state index contributed by atoms with van der Waals surface area (Å²) in [5.41, 5.74) is 5.80. The van der Waals surface area contributed by atoms with Gasteiger partial charge in [-0.05, 0) is 18.7 Å². The predicted molar refractivity (Wildman–Crippen MR) is 89.3 cm³/mol. The van der Waals surface area contributed by atoms with Crippen molar-refractivity contribution in [2.45, 2.75) is 19.4 Å². The van der Waals surface area contributed by atoms with Gasteiger partial charge < -0.3 is 4.90 Å². The van der Waals surface area contributed by atoms with Gasteiger partial charge in [-0.3, -0.25) is 25.2 Å². The summed E-state index contributed by atoms with van der Waals surface area (Å²) >= 11 is 1.37. The molecule has 1 aromatic rings. The van der Waals surface area contributed by atoms with Crippen molar-refractivity contribution in [2.24, 2.45) is 5.92 Å². The Balaban J connectivity index is 1.91. The van der Waals surface area contributed by atoms with Crippen LogP contribution < -0.4 is 10.9 Å². The van der Waals surface area contributed by atoms with Crippen molar-refractivity contribution in [3.8, 4) is 0 Å². The van der Waals surface area contributed by atoms with E-state index in [-0.39, 0.29) is 35.9 Å². The molecule has 2 N–H and O–H groups in total. The van der Waals surface area contributed by atoms with Crippen LogP contribution in [-0.2, 0) is 14.4 Å². The second-order valence-electron chi connectivity index (χ2n) is 5.50. The lowest BCUT2D eigenvalue weighted by atomic mass is 10.1. The number of nitrogens with one attached hydrogen (secondary N) is 2. The third-order valence-corrected chi connectivity index (χ3v) is 4.43. The molecule has 0 aliphatic carbocycles. The van der Waals surface area contributed by atoms with Gasteiger partial charge in [0.2, 0.25) is 17.7 Å². The molecule has 0 radical (unpaired) electrons. The number of thioether (sulfide) groups is 1. The molecular formula is C16H21N3O3S. The number of carbonyl (C=O) groups excluding carboxylic acids is 3. The Morgan fingerprint density at radius 3 is 2.65 bits per heavy atom. The number of likely N-dealkylation sites (tertiary alicyclic amines) is 1. The van der Waals surface area contributed by atoms with Crippen LogP contribution >= 0.6 is 11.8 Å². The van der Waals surface area contributed by atoms with Crippen molar-refractivity contribution < 1.29 is 14.4 Å². The molecule has 1 saturated heterocycles. The molecular weight excluding hydrogens is 314 g/mol. The molecule has 0 spiro atoms. The van der Waals surface area contributed by atoms with Crippen molar-refractivity contribution in [1.82, 2.24) is 15.8 Å². The van der Waals surface area contributed by atoms with Gasteiger partial charge in [-0.1, -0.05) is 30.3 Å². The topological polar surface area (TPSA) is 78.5 Å². The van der Waals surface area contributed by atoms with E-state index in [9.17, 15) is 14.4 Å². The van der Waals surface area contributed by atoms with Crippen LogP contribution in [0.15, 0.2) is 30.3 Å². The van der Waals surface area contributed by atoms with E-state index in [1.165, 1.54) is 11.8 Å². The van der Waals surface area contributed by atoms with Gasteiger partial charge in [0.1, 0.15) is 0 Å². The van der Waals surface area contributed by atoms with E-state index < -0.39 is 5.92 Å². The third-order valence-electron chi connectivity index (χ3n) is 3.88. The molecule has 0 saturated carbocycles. The summed E-state index contributed by atoms with van der Waals surface area (Å²) in [4.78, 5) is 37.4. The average molecular weight is 335 g/mol. The minimum absolute atomic E-state index is 0.0445. The molecule has 2 atom stereocenters. The number of benzene rings is 1. The van der Waals surface area contributed by atoms with Crippen LogP contribution in [0.1, 0.15) is 24.9 Å². The van der Waals surface area contributed by atoms with Crippen molar-refractivity contribution in [3.63, 3.8) is 0 Å². The summed E-state index contributed by atoms with van der Waals surface area (Å²) in [5.74, 6) is -0.790. The zero-order valence-corrected chi connectivity index (χ0v) is 14.1. The highest BCUT2D eigenvalue weighted by molar-refractivity contribution is 7.99. The molecule has 6 nitrogen and oxygen atoms in total. The largest absolute Gasteiger partial charge is 0.335 e. The van der Waals surface area contributed by atoms with E-state index in [2.05, 4.69) is 10.9 Å². The number of hydrazine groups is 1. The Bertz CT molecular complexity index is 579. The van der Waals surface area contributed by atoms with Crippen LogP contribution in [0.2, 0.25) is 0 Å². The highest BCUT2D eigenvalue weighted by Crippen LogP contribution is 2.28. The molecule has 1 aromatic carbocycles. The standard InChI is InChI=1S/C16H21N3O3S/c1-11(12-6-4-3-5-7-12)19-9-13(8-15(19)21)16(22)18-17-14(20)10-23-2/h3-7,11,13H,8-10H2,1-2H3,(H,17,20)(H,18,22). The summed E-state index contributed by atoms with van der Waals surface area (Å²) in [6, 6.07) is 9.64. The Morgan fingerprint density at radius 1 is 1.30 bits per heavy atom. The van der Waals surface area contributed by atoms with Crippen LogP contribution in [0.25, 0.3) is 0 Å². The number of carbonyl (C=O) groups is 3. The van der Waals surface area contributed by atoms with Gasteiger partial charge in [-0.15, -0.1) is 0 Å². The van der Waals surface area contributed by atoms with Crippen molar-refractivity contribution >= 4 is 29.5 Å². The molecule has 2 rings (SSSR count). The fraction of sp³-hybridized carbons (Fsp3) is 0.438. The SMILES string of the molecule is CSCC(=O)NNC(=O)C1CC(=O)N(C(C)c2ccccc2)C1. The van der Waals surface area contributed by atoms with Crippen LogP contribution in [0, 0.1) is 5.92 Å². The average Bonchev–Trinajstić information content (AvgIpc) is 2.95. The lowest BCUT2D eigenvalue weighted by molar-refractivity contribution is -0.131. The van der Waals surface area contributed by atoms with Crippen LogP contribution in [-0.4, -0.2) is 41.2 Å². The maximum atomic E-state index is 12.2. The predicted octanol–water partition coefficient (Wildman–Crippen LogP) is 1.11. The minimum atomic E-state index is -0.441. The highest BCUT2D eigenvalue weighted by atomic mass is 32.2. The monoisotopic (exact) mass is 335 g/mol. The van der Waals surface area contributed by atoms with Crippen LogP contribution in [0.4, 0.5) is 0 Å². The maximum absolute atomic E-state index is 12.2. The van der Waals surface area contributed by atoms with E-state index >= 15 is 0 Å². The van der Waals surface area contributed by atoms with Crippen molar-refractivity contribution in [3.05, 3.63) is 35.9 Å². The molecule has 23 heavy (non-hydrogen) atoms. The van der Waals surface area contributed by atoms with Gasteiger partial charge in [-0.2, -0.15) is 11.8 Å². The lowest BCUT2D eigenvalue weighted by Gasteiger charge is -2.25. The highest BCUT2D eigenvalue weighted by Gasteiger charge is 2.37. The Labute approximate surface area is 140 Å². The van der Waals surface area contributed by atoms with E-state index in [1.54, 1.807) is 11.2 Å². The maximum Gasteiger partial charge on any atom is 0.248 e. The number of hydrogen-bond donors (Lipinski definition) is 2. The van der Waals surface area contributed by atoms with Crippen molar-refractivity contribution in [1.29, 1.82) is 0 Å². The lowest BCUT2D eigenvalue weighted by Crippen LogP contribution is -2.45. The molecule has 1 heterocycles. The van der Waals surface area contributed by atoms with Crippen molar-refractivity contribution in [2.75, 3.05) is 18.6 Å². The smallest absolute Gasteiger partial charge is 0.248 e. The Hall–Kier alpha value is -2.02. The number of rotatable bonds is 5. The summed E-state index contributed by atoms with van der Waals surface area (Å²) in [6.07, 6.45) is 1.97. The van der Waals surface area contributed by atoms with Gasteiger partial charge in [0, 0.05) is 13.0 Å². The van der Waals surface area contributed by atoms with Gasteiger partial charge >= 0.3 is 0 Å². The molecule has 1 aliphatic heterocycles. The van der Waals surface area contributed by atoms with Gasteiger partial charge in [0.25, 0.3) is 0 Å². The van der Waals surface area contributed by atoms with Gasteiger partial charge in [0.15, 0.2) is 0 Å². The first-order valence-corrected chi connectivity index (χ1v) is 8.84. The second kappa shape index (κ2) is 8.01. The summed E-state index contributed by atoms with van der Waals surface area (Å²) in [5, 5.41) is 0. The Morgan fingerprint density at radius 2 is 2.00 bits per heavy atom. The second-order valence-corrected chi connectivity index (χ2v) is 6.37. The van der Waals surface area contributed by atoms with Crippen LogP contribution in [0.3, 0.4) is 0 Å². The fourth-order valence-electron chi connectivity index (χ4n) is 2.59. The normalized spacial score (nSPS) is 18.6. The van der Waals surface area contributed by atoms with E-state index in [4.69, 9.17) is 0 Å². The zero-order valence-electron chi connectivity index (χ0n) is 13.2. The first-order chi connectivity index (χ1) is 11.0. The molecule has 2 unspecified atom stereocenters. The Kier molecular flexibility index (Phi) is 6.04. The molecule has 1 aliphatic rings. The zero-order chi connectivity index (χ0) is 16.8. The van der Waals surface area contributed by atoms with E-state index in [1.807, 2.05) is 37.3 Å². The molecule has 0 bridgehead atoms. The van der Waals surface area contributed by atoms with Gasteiger partial charge in [0.05, 0.1) is 17.7 Å². The summed E-state index contributed by atoms with van der Waals surface area (Å²) < 4.78 is 0. The first kappa shape index (κ1) is 17.3. The summed E-state index contributed by atoms with van der Waals surface area (Å²) in [6.45, 7) is 2.31. The molecule has 124 valence electrons. The van der Waals surface area contributed by atoms with E-state index in [0.717, 1.165) is 5.56 Å². The number of hydrogen-bond acceptors (Lipinski definition) is 4. The molecule has 0 aromatic heterocycles. The summed E-state index contributed by atoms with van der Waals surface area (Å²) in [7, 11) is 0. The quantitative estimate of drug-likeness (QED) is 0.790.